The average Bonchev–Trinajstić information content (AvgIpc) is 3.22. The first-order valence-corrected chi connectivity index (χ1v) is 8.62. The lowest BCUT2D eigenvalue weighted by Crippen LogP contribution is -2.43. The maximum absolute atomic E-state index is 12.9. The van der Waals surface area contributed by atoms with E-state index in [0.717, 1.165) is 4.90 Å². The fourth-order valence-corrected chi connectivity index (χ4v) is 3.21. The van der Waals surface area contributed by atoms with E-state index in [1.807, 2.05) is 6.07 Å². The van der Waals surface area contributed by atoms with Crippen molar-refractivity contribution >= 4 is 29.1 Å². The van der Waals surface area contributed by atoms with Crippen molar-refractivity contribution in [1.82, 2.24) is 5.01 Å². The first-order chi connectivity index (χ1) is 13.6. The predicted molar refractivity (Wildman–Crippen MR) is 99.7 cm³/mol. The second kappa shape index (κ2) is 7.10. The van der Waals surface area contributed by atoms with Crippen molar-refractivity contribution in [2.75, 3.05) is 23.9 Å². The van der Waals surface area contributed by atoms with E-state index in [9.17, 15) is 14.4 Å². The molecule has 2 aliphatic rings. The molecule has 2 heterocycles. The molecule has 9 heteroatoms. The van der Waals surface area contributed by atoms with Crippen LogP contribution in [0.5, 0.6) is 5.75 Å². The van der Waals surface area contributed by atoms with E-state index in [2.05, 4.69) is 15.7 Å². The molecule has 1 saturated heterocycles. The predicted octanol–water partition coefficient (Wildman–Crippen LogP) is 1.63. The number of methoxy groups -OCH3 is 1. The van der Waals surface area contributed by atoms with E-state index in [1.165, 1.54) is 12.1 Å². The van der Waals surface area contributed by atoms with Gasteiger partial charge in [-0.15, -0.1) is 0 Å². The Balaban J connectivity index is 1.48. The second-order valence-electron chi connectivity index (χ2n) is 6.32. The fraction of sp³-hybridized carbons (Fsp3) is 0.211. The Morgan fingerprint density at radius 2 is 1.79 bits per heavy atom. The molecule has 0 aromatic heterocycles. The van der Waals surface area contributed by atoms with Crippen molar-refractivity contribution in [2.45, 2.75) is 12.1 Å². The molecule has 142 valence electrons. The topological polar surface area (TPSA) is 104 Å². The summed E-state index contributed by atoms with van der Waals surface area (Å²) in [5, 5.41) is 11.8. The van der Waals surface area contributed by atoms with Gasteiger partial charge in [-0.2, -0.15) is 5.11 Å². The van der Waals surface area contributed by atoms with Crippen molar-refractivity contribution in [3.8, 4) is 5.75 Å². The third kappa shape index (κ3) is 3.07. The molecule has 0 bridgehead atoms. The number of ether oxygens (including phenoxy) is 1. The van der Waals surface area contributed by atoms with Gasteiger partial charge in [0.2, 0.25) is 5.91 Å². The SMILES string of the molecule is COc1ccc(N2C(=O)[C@@H]3N=NN(CC(=O)Nc4ccccc4)[C@H]3C2=O)cc1. The Labute approximate surface area is 160 Å². The van der Waals surface area contributed by atoms with Gasteiger partial charge in [-0.25, -0.2) is 4.90 Å². The van der Waals surface area contributed by atoms with E-state index in [-0.39, 0.29) is 12.5 Å². The van der Waals surface area contributed by atoms with E-state index >= 15 is 0 Å². The van der Waals surface area contributed by atoms with E-state index < -0.39 is 23.9 Å². The maximum Gasteiger partial charge on any atom is 0.263 e. The number of carbonyl (C=O) groups is 3. The summed E-state index contributed by atoms with van der Waals surface area (Å²) in [4.78, 5) is 38.9. The van der Waals surface area contributed by atoms with Gasteiger partial charge in [0.05, 0.1) is 12.8 Å². The largest absolute Gasteiger partial charge is 0.497 e. The highest BCUT2D eigenvalue weighted by Crippen LogP contribution is 2.32. The smallest absolute Gasteiger partial charge is 0.263 e. The zero-order chi connectivity index (χ0) is 19.7. The molecule has 3 amide bonds. The first-order valence-electron chi connectivity index (χ1n) is 8.62. The second-order valence-corrected chi connectivity index (χ2v) is 6.32. The molecule has 0 radical (unpaired) electrons. The zero-order valence-corrected chi connectivity index (χ0v) is 15.0. The minimum atomic E-state index is -0.945. The molecule has 1 N–H and O–H groups in total. The van der Waals surface area contributed by atoms with Crippen LogP contribution in [0.1, 0.15) is 0 Å². The van der Waals surface area contributed by atoms with Crippen LogP contribution in [0, 0.1) is 0 Å². The molecular formula is C19H17N5O4. The quantitative estimate of drug-likeness (QED) is 0.795. The monoisotopic (exact) mass is 379 g/mol. The lowest BCUT2D eigenvalue weighted by Gasteiger charge is -2.20. The van der Waals surface area contributed by atoms with E-state index in [4.69, 9.17) is 4.74 Å². The van der Waals surface area contributed by atoms with Crippen LogP contribution in [-0.4, -0.2) is 48.5 Å². The Kier molecular flexibility index (Phi) is 4.48. The Morgan fingerprint density at radius 1 is 1.07 bits per heavy atom. The van der Waals surface area contributed by atoms with Gasteiger partial charge in [0.25, 0.3) is 11.8 Å². The molecule has 0 saturated carbocycles. The van der Waals surface area contributed by atoms with Crippen molar-refractivity contribution in [1.29, 1.82) is 0 Å². The molecule has 28 heavy (non-hydrogen) atoms. The van der Waals surface area contributed by atoms with Gasteiger partial charge in [-0.3, -0.25) is 19.4 Å². The highest BCUT2D eigenvalue weighted by atomic mass is 16.5. The van der Waals surface area contributed by atoms with Crippen LogP contribution in [0.2, 0.25) is 0 Å². The van der Waals surface area contributed by atoms with Crippen LogP contribution >= 0.6 is 0 Å². The summed E-state index contributed by atoms with van der Waals surface area (Å²) in [7, 11) is 1.53. The number of benzene rings is 2. The number of nitrogens with zero attached hydrogens (tertiary/aromatic N) is 4. The fourth-order valence-electron chi connectivity index (χ4n) is 3.21. The van der Waals surface area contributed by atoms with Gasteiger partial charge < -0.3 is 10.1 Å². The Hall–Kier alpha value is -3.75. The van der Waals surface area contributed by atoms with Gasteiger partial charge in [0, 0.05) is 5.69 Å². The summed E-state index contributed by atoms with van der Waals surface area (Å²) in [5.41, 5.74) is 1.06. The highest BCUT2D eigenvalue weighted by molar-refractivity contribution is 6.25. The molecule has 2 atom stereocenters. The standard InChI is InChI=1S/C19H17N5O4/c1-28-14-9-7-13(8-10-14)24-18(26)16-17(19(24)27)23(22-21-16)11-15(25)20-12-5-3-2-4-6-12/h2-10,16-17H,11H2,1H3,(H,20,25)/t16-,17-/m1/s1. The summed E-state index contributed by atoms with van der Waals surface area (Å²) in [6.45, 7) is -0.185. The molecule has 0 unspecified atom stereocenters. The number of hydrogen-bond donors (Lipinski definition) is 1. The van der Waals surface area contributed by atoms with Gasteiger partial charge in [0.15, 0.2) is 12.1 Å². The number of nitrogens with one attached hydrogen (secondary N) is 1. The summed E-state index contributed by atoms with van der Waals surface area (Å²) < 4.78 is 5.10. The number of imide groups is 1. The maximum atomic E-state index is 12.9. The lowest BCUT2D eigenvalue weighted by atomic mass is 10.1. The number of amides is 3. The van der Waals surface area contributed by atoms with E-state index in [0.29, 0.717) is 17.1 Å². The van der Waals surface area contributed by atoms with Crippen molar-refractivity contribution in [3.63, 3.8) is 0 Å². The minimum absolute atomic E-state index is 0.185. The number of para-hydroxylation sites is 1. The molecular weight excluding hydrogens is 362 g/mol. The lowest BCUT2D eigenvalue weighted by molar-refractivity contribution is -0.123. The van der Waals surface area contributed by atoms with Gasteiger partial charge in [-0.1, -0.05) is 23.4 Å². The van der Waals surface area contributed by atoms with Crippen molar-refractivity contribution in [3.05, 3.63) is 54.6 Å². The van der Waals surface area contributed by atoms with Crippen LogP contribution in [0.3, 0.4) is 0 Å². The molecule has 0 aliphatic carbocycles. The van der Waals surface area contributed by atoms with Crippen molar-refractivity contribution < 1.29 is 19.1 Å². The van der Waals surface area contributed by atoms with Crippen LogP contribution in [0.25, 0.3) is 0 Å². The summed E-state index contributed by atoms with van der Waals surface area (Å²) in [6.07, 6.45) is 0. The summed E-state index contributed by atoms with van der Waals surface area (Å²) in [5.74, 6) is -0.663. The molecule has 2 aliphatic heterocycles. The van der Waals surface area contributed by atoms with Crippen molar-refractivity contribution in [2.24, 2.45) is 10.3 Å². The Morgan fingerprint density at radius 3 is 2.46 bits per heavy atom. The first kappa shape index (κ1) is 17.7. The molecule has 9 nitrogen and oxygen atoms in total. The summed E-state index contributed by atoms with van der Waals surface area (Å²) in [6, 6.07) is 13.6. The van der Waals surface area contributed by atoms with Gasteiger partial charge in [0.1, 0.15) is 12.3 Å². The normalized spacial score (nSPS) is 20.5. The number of rotatable bonds is 5. The van der Waals surface area contributed by atoms with Crippen LogP contribution in [0.15, 0.2) is 64.9 Å². The van der Waals surface area contributed by atoms with Crippen LogP contribution in [-0.2, 0) is 14.4 Å². The molecule has 2 aromatic carbocycles. The number of hydrogen-bond acceptors (Lipinski definition) is 7. The van der Waals surface area contributed by atoms with E-state index in [1.54, 1.807) is 48.5 Å². The van der Waals surface area contributed by atoms with Crippen LogP contribution in [0.4, 0.5) is 11.4 Å². The third-order valence-corrected chi connectivity index (χ3v) is 4.55. The number of anilines is 2. The Bertz CT molecular complexity index is 945. The molecule has 1 fully saturated rings. The molecule has 2 aromatic rings. The molecule has 4 rings (SSSR count). The molecule has 0 spiro atoms. The van der Waals surface area contributed by atoms with Crippen LogP contribution < -0.4 is 15.0 Å². The van der Waals surface area contributed by atoms with Gasteiger partial charge >= 0.3 is 0 Å². The third-order valence-electron chi connectivity index (χ3n) is 4.55. The number of fused-ring (bicyclic) bond motifs is 1. The average molecular weight is 379 g/mol. The highest BCUT2D eigenvalue weighted by Gasteiger charge is 2.55. The minimum Gasteiger partial charge on any atom is -0.497 e. The summed E-state index contributed by atoms with van der Waals surface area (Å²) >= 11 is 0. The van der Waals surface area contributed by atoms with Gasteiger partial charge in [-0.05, 0) is 36.4 Å². The zero-order valence-electron chi connectivity index (χ0n) is 15.0. The number of carbonyl (C=O) groups excluding carboxylic acids is 3.